The molecule has 2 aromatic carbocycles. The van der Waals surface area contributed by atoms with E-state index in [9.17, 15) is 19.5 Å². The predicted octanol–water partition coefficient (Wildman–Crippen LogP) is 5.17. The van der Waals surface area contributed by atoms with E-state index < -0.39 is 23.7 Å². The maximum absolute atomic E-state index is 13.2. The number of aryl methyl sites for hydroxylation is 1. The number of nitrogens with zero attached hydrogens (tertiary/aromatic N) is 2. The lowest BCUT2D eigenvalue weighted by Gasteiger charge is -2.23. The number of amides is 1. The number of halogens is 2. The molecule has 1 saturated heterocycles. The number of hydrogen-bond acceptors (Lipinski definition) is 7. The fourth-order valence-electron chi connectivity index (χ4n) is 3.55. The molecule has 7 nitrogen and oxygen atoms in total. The standard InChI is InChI=1S/C23H16Cl2N2O5S/c1-11-20(22(31)32-2)33-23(26-11)27-17(13-8-9-14(24)15(25)10-13)16(19(29)21(27)30)18(28)12-6-4-3-5-7-12/h3-10,17,28H,1-2H3. The number of carbonyl (C=O) groups excluding carboxylic acids is 3. The molecule has 0 bridgehead atoms. The van der Waals surface area contributed by atoms with Crippen molar-refractivity contribution < 1.29 is 24.2 Å². The first-order chi connectivity index (χ1) is 15.7. The van der Waals surface area contributed by atoms with E-state index in [-0.39, 0.29) is 26.4 Å². The number of benzene rings is 2. The van der Waals surface area contributed by atoms with Gasteiger partial charge in [-0.2, -0.15) is 0 Å². The summed E-state index contributed by atoms with van der Waals surface area (Å²) in [5.41, 5.74) is 1.02. The van der Waals surface area contributed by atoms with Crippen molar-refractivity contribution in [3.05, 3.63) is 85.8 Å². The number of carbonyl (C=O) groups is 3. The number of thiazole rings is 1. The fourth-order valence-corrected chi connectivity index (χ4v) is 4.86. The molecule has 0 aliphatic carbocycles. The number of rotatable bonds is 4. The molecule has 1 fully saturated rings. The van der Waals surface area contributed by atoms with Crippen LogP contribution < -0.4 is 4.90 Å². The number of hydrogen-bond donors (Lipinski definition) is 1. The summed E-state index contributed by atoms with van der Waals surface area (Å²) < 4.78 is 4.78. The summed E-state index contributed by atoms with van der Waals surface area (Å²) in [5.74, 6) is -2.73. The van der Waals surface area contributed by atoms with E-state index in [2.05, 4.69) is 4.98 Å². The van der Waals surface area contributed by atoms with Gasteiger partial charge in [0.2, 0.25) is 0 Å². The highest BCUT2D eigenvalue weighted by molar-refractivity contribution is 7.17. The van der Waals surface area contributed by atoms with Crippen LogP contribution in [0.15, 0.2) is 54.1 Å². The Balaban J connectivity index is 1.96. The lowest BCUT2D eigenvalue weighted by molar-refractivity contribution is -0.132. The Hall–Kier alpha value is -3.20. The van der Waals surface area contributed by atoms with Gasteiger partial charge in [0.05, 0.1) is 34.5 Å². The zero-order chi connectivity index (χ0) is 23.9. The summed E-state index contributed by atoms with van der Waals surface area (Å²) in [6.45, 7) is 1.60. The lowest BCUT2D eigenvalue weighted by Crippen LogP contribution is -2.29. The third kappa shape index (κ3) is 4.01. The van der Waals surface area contributed by atoms with E-state index in [1.165, 1.54) is 19.2 Å². The van der Waals surface area contributed by atoms with Crippen LogP contribution >= 0.6 is 34.5 Å². The zero-order valence-electron chi connectivity index (χ0n) is 17.3. The maximum atomic E-state index is 13.2. The number of Topliss-reactive ketones (excluding diaryl/α,β-unsaturated/α-hetero) is 1. The van der Waals surface area contributed by atoms with Gasteiger partial charge in [0.15, 0.2) is 5.13 Å². The van der Waals surface area contributed by atoms with Crippen molar-refractivity contribution in [3.8, 4) is 0 Å². The molecule has 1 amide bonds. The van der Waals surface area contributed by atoms with Crippen LogP contribution in [-0.2, 0) is 14.3 Å². The highest BCUT2D eigenvalue weighted by atomic mass is 35.5. The Morgan fingerprint density at radius 3 is 2.45 bits per heavy atom. The SMILES string of the molecule is COC(=O)c1sc(N2C(=O)C(=O)C(=C(O)c3ccccc3)C2c2ccc(Cl)c(Cl)c2)nc1C. The molecule has 1 aromatic heterocycles. The molecule has 168 valence electrons. The highest BCUT2D eigenvalue weighted by Gasteiger charge is 2.48. The minimum atomic E-state index is -1.05. The van der Waals surface area contributed by atoms with Crippen LogP contribution in [-0.4, -0.2) is 34.9 Å². The molecule has 33 heavy (non-hydrogen) atoms. The van der Waals surface area contributed by atoms with Crippen molar-refractivity contribution in [2.75, 3.05) is 12.0 Å². The second-order valence-corrected chi connectivity index (χ2v) is 8.90. The molecule has 1 atom stereocenters. The number of aromatic nitrogens is 1. The summed E-state index contributed by atoms with van der Waals surface area (Å²) in [6.07, 6.45) is 0. The van der Waals surface area contributed by atoms with E-state index in [0.717, 1.165) is 16.2 Å². The molecule has 3 aromatic rings. The summed E-state index contributed by atoms with van der Waals surface area (Å²) in [4.78, 5) is 44.1. The van der Waals surface area contributed by atoms with Gasteiger partial charge >= 0.3 is 11.9 Å². The van der Waals surface area contributed by atoms with Crippen molar-refractivity contribution >= 4 is 63.1 Å². The molecule has 1 aliphatic rings. The zero-order valence-corrected chi connectivity index (χ0v) is 19.7. The van der Waals surface area contributed by atoms with Gasteiger partial charge in [-0.25, -0.2) is 9.78 Å². The van der Waals surface area contributed by atoms with Crippen molar-refractivity contribution in [1.82, 2.24) is 4.98 Å². The molecule has 4 rings (SSSR count). The van der Waals surface area contributed by atoms with Gasteiger partial charge in [0.25, 0.3) is 5.78 Å². The van der Waals surface area contributed by atoms with Crippen LogP contribution in [0.5, 0.6) is 0 Å². The third-order valence-corrected chi connectivity index (χ3v) is 6.99. The van der Waals surface area contributed by atoms with Gasteiger partial charge in [-0.15, -0.1) is 0 Å². The second-order valence-electron chi connectivity index (χ2n) is 7.11. The molecule has 10 heteroatoms. The number of aliphatic hydroxyl groups excluding tert-OH is 1. The molecule has 0 spiro atoms. The van der Waals surface area contributed by atoms with Crippen molar-refractivity contribution in [1.29, 1.82) is 0 Å². The van der Waals surface area contributed by atoms with Gasteiger partial charge in [-0.1, -0.05) is 70.9 Å². The molecule has 2 heterocycles. The Bertz CT molecular complexity index is 1320. The normalized spacial score (nSPS) is 17.5. The van der Waals surface area contributed by atoms with E-state index in [0.29, 0.717) is 21.8 Å². The van der Waals surface area contributed by atoms with Gasteiger partial charge < -0.3 is 9.84 Å². The number of esters is 1. The van der Waals surface area contributed by atoms with E-state index in [1.807, 2.05) is 0 Å². The summed E-state index contributed by atoms with van der Waals surface area (Å²) in [6, 6.07) is 12.0. The number of ether oxygens (including phenoxy) is 1. The summed E-state index contributed by atoms with van der Waals surface area (Å²) in [5, 5.41) is 11.7. The number of aliphatic hydroxyl groups is 1. The topological polar surface area (TPSA) is 96.8 Å². The Morgan fingerprint density at radius 2 is 1.82 bits per heavy atom. The van der Waals surface area contributed by atoms with Crippen molar-refractivity contribution in [2.24, 2.45) is 0 Å². The average molecular weight is 503 g/mol. The lowest BCUT2D eigenvalue weighted by atomic mass is 9.95. The van der Waals surface area contributed by atoms with Crippen LogP contribution in [0.3, 0.4) is 0 Å². The van der Waals surface area contributed by atoms with Crippen molar-refractivity contribution in [2.45, 2.75) is 13.0 Å². The third-order valence-electron chi connectivity index (χ3n) is 5.11. The van der Waals surface area contributed by atoms with Gasteiger partial charge in [0, 0.05) is 5.56 Å². The number of ketones is 1. The maximum Gasteiger partial charge on any atom is 0.350 e. The van der Waals surface area contributed by atoms with Crippen molar-refractivity contribution in [3.63, 3.8) is 0 Å². The number of methoxy groups -OCH3 is 1. The van der Waals surface area contributed by atoms with E-state index in [4.69, 9.17) is 27.9 Å². The van der Waals surface area contributed by atoms with Crippen LogP contribution in [0.2, 0.25) is 10.0 Å². The van der Waals surface area contributed by atoms with E-state index in [1.54, 1.807) is 43.3 Å². The minimum Gasteiger partial charge on any atom is -0.507 e. The first-order valence-electron chi connectivity index (χ1n) is 9.61. The molecule has 1 aliphatic heterocycles. The molecule has 0 saturated carbocycles. The quantitative estimate of drug-likeness (QED) is 0.228. The highest BCUT2D eigenvalue weighted by Crippen LogP contribution is 2.44. The average Bonchev–Trinajstić information content (AvgIpc) is 3.32. The van der Waals surface area contributed by atoms with Crippen LogP contribution in [0.4, 0.5) is 5.13 Å². The van der Waals surface area contributed by atoms with E-state index >= 15 is 0 Å². The van der Waals surface area contributed by atoms with Gasteiger partial charge in [-0.05, 0) is 24.6 Å². The number of anilines is 1. The Kier molecular flexibility index (Phi) is 6.25. The predicted molar refractivity (Wildman–Crippen MR) is 126 cm³/mol. The van der Waals surface area contributed by atoms with Gasteiger partial charge in [0.1, 0.15) is 10.6 Å². The summed E-state index contributed by atoms with van der Waals surface area (Å²) >= 11 is 13.2. The fraction of sp³-hybridized carbons (Fsp3) is 0.130. The van der Waals surface area contributed by atoms with Crippen LogP contribution in [0.25, 0.3) is 5.76 Å². The molecular weight excluding hydrogens is 487 g/mol. The summed E-state index contributed by atoms with van der Waals surface area (Å²) in [7, 11) is 1.24. The first kappa shape index (κ1) is 23.0. The van der Waals surface area contributed by atoms with Crippen LogP contribution in [0, 0.1) is 6.92 Å². The Labute approximate surface area is 202 Å². The molecule has 0 radical (unpaired) electrons. The first-order valence-corrected chi connectivity index (χ1v) is 11.2. The second kappa shape index (κ2) is 8.97. The molecule has 1 N–H and O–H groups in total. The van der Waals surface area contributed by atoms with Crippen LogP contribution in [0.1, 0.15) is 32.5 Å². The van der Waals surface area contributed by atoms with Gasteiger partial charge in [-0.3, -0.25) is 14.5 Å². The Morgan fingerprint density at radius 1 is 1.12 bits per heavy atom. The monoisotopic (exact) mass is 502 g/mol. The largest absolute Gasteiger partial charge is 0.507 e. The molecule has 1 unspecified atom stereocenters. The molecular formula is C23H16Cl2N2O5S. The smallest absolute Gasteiger partial charge is 0.350 e. The minimum absolute atomic E-state index is 0.109.